The summed E-state index contributed by atoms with van der Waals surface area (Å²) in [6.07, 6.45) is 0. The van der Waals surface area contributed by atoms with Crippen LogP contribution in [0.3, 0.4) is 0 Å². The van der Waals surface area contributed by atoms with Crippen LogP contribution in [0.15, 0.2) is 29.2 Å². The molecule has 2 atom stereocenters. The molecule has 0 aliphatic rings. The summed E-state index contributed by atoms with van der Waals surface area (Å²) < 4.78 is 16.5. The van der Waals surface area contributed by atoms with Crippen LogP contribution in [-0.4, -0.2) is 22.5 Å². The van der Waals surface area contributed by atoms with Crippen LogP contribution in [0.5, 0.6) is 0 Å². The molecule has 0 saturated carbocycles. The SMILES string of the molecule is COC(=O)C(C)S(=O)c1ccccc1C. The molecular formula is C11H14O3S. The van der Waals surface area contributed by atoms with Crippen molar-refractivity contribution in [2.24, 2.45) is 0 Å². The number of ether oxygens (including phenoxy) is 1. The minimum Gasteiger partial charge on any atom is -0.468 e. The van der Waals surface area contributed by atoms with Crippen LogP contribution in [0.1, 0.15) is 12.5 Å². The van der Waals surface area contributed by atoms with Gasteiger partial charge in [-0.15, -0.1) is 0 Å². The van der Waals surface area contributed by atoms with Gasteiger partial charge in [-0.3, -0.25) is 9.00 Å². The molecule has 4 heteroatoms. The number of rotatable bonds is 3. The third-order valence-corrected chi connectivity index (χ3v) is 3.89. The normalized spacial score (nSPS) is 14.3. The summed E-state index contributed by atoms with van der Waals surface area (Å²) in [5.74, 6) is -0.448. The molecule has 0 bridgehead atoms. The minimum absolute atomic E-state index is 0.448. The zero-order valence-electron chi connectivity index (χ0n) is 9.02. The van der Waals surface area contributed by atoms with E-state index in [9.17, 15) is 9.00 Å². The molecule has 2 unspecified atom stereocenters. The van der Waals surface area contributed by atoms with E-state index in [0.29, 0.717) is 4.90 Å². The van der Waals surface area contributed by atoms with E-state index >= 15 is 0 Å². The number of carbonyl (C=O) groups excluding carboxylic acids is 1. The summed E-state index contributed by atoms with van der Waals surface area (Å²) in [5.41, 5.74) is 0.923. The summed E-state index contributed by atoms with van der Waals surface area (Å²) in [6, 6.07) is 7.32. The van der Waals surface area contributed by atoms with E-state index in [0.717, 1.165) is 5.56 Å². The van der Waals surface area contributed by atoms with E-state index in [2.05, 4.69) is 4.74 Å². The maximum absolute atomic E-state index is 12.0. The molecule has 1 aromatic carbocycles. The number of benzene rings is 1. The average Bonchev–Trinajstić information content (AvgIpc) is 2.26. The first-order chi connectivity index (χ1) is 7.07. The monoisotopic (exact) mass is 226 g/mol. The molecule has 0 aromatic heterocycles. The van der Waals surface area contributed by atoms with Crippen molar-refractivity contribution in [3.8, 4) is 0 Å². The van der Waals surface area contributed by atoms with Crippen LogP contribution in [0, 0.1) is 6.92 Å². The summed E-state index contributed by atoms with van der Waals surface area (Å²) in [5, 5.41) is -0.629. The zero-order chi connectivity index (χ0) is 11.4. The second kappa shape index (κ2) is 5.07. The fraction of sp³-hybridized carbons (Fsp3) is 0.364. The summed E-state index contributed by atoms with van der Waals surface area (Å²) in [7, 11) is -0.0448. The van der Waals surface area contributed by atoms with Crippen LogP contribution in [-0.2, 0) is 20.3 Å². The standard InChI is InChI=1S/C11H14O3S/c1-8-6-4-5-7-10(8)15(13)9(2)11(12)14-3/h4-7,9H,1-3H3. The van der Waals surface area contributed by atoms with Gasteiger partial charge < -0.3 is 4.74 Å². The number of methoxy groups -OCH3 is 1. The number of aryl methyl sites for hydroxylation is 1. The number of carbonyl (C=O) groups is 1. The Morgan fingerprint density at radius 3 is 2.53 bits per heavy atom. The van der Waals surface area contributed by atoms with Gasteiger partial charge in [-0.2, -0.15) is 0 Å². The van der Waals surface area contributed by atoms with Crippen molar-refractivity contribution in [3.63, 3.8) is 0 Å². The molecule has 1 aromatic rings. The summed E-state index contributed by atoms with van der Waals surface area (Å²) >= 11 is 0. The smallest absolute Gasteiger partial charge is 0.321 e. The Morgan fingerprint density at radius 2 is 2.00 bits per heavy atom. The van der Waals surface area contributed by atoms with E-state index in [1.54, 1.807) is 13.0 Å². The molecule has 0 aliphatic carbocycles. The molecular weight excluding hydrogens is 212 g/mol. The van der Waals surface area contributed by atoms with Crippen LogP contribution in [0.25, 0.3) is 0 Å². The molecule has 0 fully saturated rings. The van der Waals surface area contributed by atoms with Crippen LogP contribution >= 0.6 is 0 Å². The molecule has 15 heavy (non-hydrogen) atoms. The second-order valence-corrected chi connectivity index (χ2v) is 4.97. The van der Waals surface area contributed by atoms with Crippen molar-refractivity contribution in [3.05, 3.63) is 29.8 Å². The number of hydrogen-bond donors (Lipinski definition) is 0. The van der Waals surface area contributed by atoms with Gasteiger partial charge in [0.25, 0.3) is 0 Å². The highest BCUT2D eigenvalue weighted by Gasteiger charge is 2.22. The van der Waals surface area contributed by atoms with Crippen LogP contribution < -0.4 is 0 Å². The minimum atomic E-state index is -1.34. The van der Waals surface area contributed by atoms with Crippen molar-refractivity contribution >= 4 is 16.8 Å². The molecule has 0 saturated heterocycles. The van der Waals surface area contributed by atoms with E-state index < -0.39 is 22.0 Å². The quantitative estimate of drug-likeness (QED) is 0.736. The number of hydrogen-bond acceptors (Lipinski definition) is 3. The van der Waals surface area contributed by atoms with Gasteiger partial charge >= 0.3 is 5.97 Å². The molecule has 0 spiro atoms. The lowest BCUT2D eigenvalue weighted by atomic mass is 10.2. The van der Waals surface area contributed by atoms with Gasteiger partial charge in [0.2, 0.25) is 0 Å². The Hall–Kier alpha value is -1.16. The van der Waals surface area contributed by atoms with Gasteiger partial charge in [-0.25, -0.2) is 0 Å². The Kier molecular flexibility index (Phi) is 4.03. The fourth-order valence-electron chi connectivity index (χ4n) is 1.23. The molecule has 0 heterocycles. The topological polar surface area (TPSA) is 43.4 Å². The van der Waals surface area contributed by atoms with Gasteiger partial charge in [0.05, 0.1) is 17.9 Å². The van der Waals surface area contributed by atoms with Crippen molar-refractivity contribution < 1.29 is 13.7 Å². The van der Waals surface area contributed by atoms with E-state index in [1.807, 2.05) is 25.1 Å². The van der Waals surface area contributed by atoms with E-state index in [4.69, 9.17) is 0 Å². The first-order valence-electron chi connectivity index (χ1n) is 4.62. The zero-order valence-corrected chi connectivity index (χ0v) is 9.84. The second-order valence-electron chi connectivity index (χ2n) is 3.23. The van der Waals surface area contributed by atoms with Gasteiger partial charge in [-0.05, 0) is 25.5 Å². The first kappa shape index (κ1) is 11.9. The van der Waals surface area contributed by atoms with Crippen LogP contribution in [0.4, 0.5) is 0 Å². The lowest BCUT2D eigenvalue weighted by Gasteiger charge is -2.10. The largest absolute Gasteiger partial charge is 0.468 e. The van der Waals surface area contributed by atoms with Crippen molar-refractivity contribution in [1.29, 1.82) is 0 Å². The van der Waals surface area contributed by atoms with Gasteiger partial charge in [0, 0.05) is 4.90 Å². The third-order valence-electron chi connectivity index (χ3n) is 2.16. The first-order valence-corrected chi connectivity index (χ1v) is 5.83. The van der Waals surface area contributed by atoms with Gasteiger partial charge in [-0.1, -0.05) is 18.2 Å². The van der Waals surface area contributed by atoms with Crippen molar-refractivity contribution in [1.82, 2.24) is 0 Å². The van der Waals surface area contributed by atoms with Gasteiger partial charge in [0.1, 0.15) is 5.25 Å². The molecule has 1 rings (SSSR count). The predicted octanol–water partition coefficient (Wildman–Crippen LogP) is 1.66. The fourth-order valence-corrected chi connectivity index (χ4v) is 2.48. The van der Waals surface area contributed by atoms with Crippen LogP contribution in [0.2, 0.25) is 0 Å². The summed E-state index contributed by atoms with van der Waals surface area (Å²) in [4.78, 5) is 11.9. The molecule has 0 aliphatic heterocycles. The third kappa shape index (κ3) is 2.65. The van der Waals surface area contributed by atoms with E-state index in [1.165, 1.54) is 7.11 Å². The molecule has 3 nitrogen and oxygen atoms in total. The van der Waals surface area contributed by atoms with Crippen molar-refractivity contribution in [2.45, 2.75) is 24.0 Å². The maximum atomic E-state index is 12.0. The Bertz CT molecular complexity index is 387. The summed E-state index contributed by atoms with van der Waals surface area (Å²) in [6.45, 7) is 3.48. The predicted molar refractivity (Wildman–Crippen MR) is 59.1 cm³/mol. The average molecular weight is 226 g/mol. The Labute approximate surface area is 91.9 Å². The molecule has 82 valence electrons. The number of esters is 1. The highest BCUT2D eigenvalue weighted by molar-refractivity contribution is 7.86. The van der Waals surface area contributed by atoms with Crippen molar-refractivity contribution in [2.75, 3.05) is 7.11 Å². The Morgan fingerprint density at radius 1 is 1.40 bits per heavy atom. The molecule has 0 N–H and O–H groups in total. The molecule has 0 radical (unpaired) electrons. The lowest BCUT2D eigenvalue weighted by Crippen LogP contribution is -2.24. The highest BCUT2D eigenvalue weighted by atomic mass is 32.2. The Balaban J connectivity index is 2.95. The maximum Gasteiger partial charge on any atom is 0.321 e. The highest BCUT2D eigenvalue weighted by Crippen LogP contribution is 2.16. The van der Waals surface area contributed by atoms with E-state index in [-0.39, 0.29) is 0 Å². The lowest BCUT2D eigenvalue weighted by molar-refractivity contribution is -0.139. The van der Waals surface area contributed by atoms with Gasteiger partial charge in [0.15, 0.2) is 0 Å². The molecule has 0 amide bonds.